The van der Waals surface area contributed by atoms with Crippen LogP contribution < -0.4 is 5.32 Å². The van der Waals surface area contributed by atoms with Gasteiger partial charge >= 0.3 is 0 Å². The largest absolute Gasteiger partial charge is 0.340 e. The first kappa shape index (κ1) is 16.2. The molecular weight excluding hydrogens is 318 g/mol. The first-order valence-electron chi connectivity index (χ1n) is 8.03. The Morgan fingerprint density at radius 3 is 2.73 bits per heavy atom. The molecule has 2 fully saturated rings. The zero-order valence-corrected chi connectivity index (χ0v) is 14.7. The van der Waals surface area contributed by atoms with Gasteiger partial charge in [0.15, 0.2) is 0 Å². The molecule has 0 aliphatic carbocycles. The van der Waals surface area contributed by atoms with E-state index < -0.39 is 0 Å². The number of hydrogen-bond donors (Lipinski definition) is 1. The summed E-state index contributed by atoms with van der Waals surface area (Å²) < 4.78 is 0.849. The van der Waals surface area contributed by atoms with Crippen LogP contribution in [0.1, 0.15) is 24.6 Å². The molecule has 3 heterocycles. The SMILES string of the molecule is CC1(C(=O)N2CCN(Cc3ccc(Cl)s3)CC2)CCCNC1. The predicted octanol–water partition coefficient (Wildman–Crippen LogP) is 2.44. The summed E-state index contributed by atoms with van der Waals surface area (Å²) in [6.45, 7) is 8.50. The Kier molecular flexibility index (Phi) is 5.07. The third kappa shape index (κ3) is 3.65. The minimum absolute atomic E-state index is 0.207. The van der Waals surface area contributed by atoms with Gasteiger partial charge in [0.25, 0.3) is 0 Å². The van der Waals surface area contributed by atoms with Gasteiger partial charge in [-0.3, -0.25) is 9.69 Å². The van der Waals surface area contributed by atoms with Crippen molar-refractivity contribution in [2.45, 2.75) is 26.3 Å². The van der Waals surface area contributed by atoms with Gasteiger partial charge < -0.3 is 10.2 Å². The van der Waals surface area contributed by atoms with Crippen molar-refractivity contribution in [3.8, 4) is 0 Å². The smallest absolute Gasteiger partial charge is 0.229 e. The number of carbonyl (C=O) groups excluding carboxylic acids is 1. The van der Waals surface area contributed by atoms with E-state index in [0.29, 0.717) is 5.91 Å². The molecule has 2 aliphatic heterocycles. The molecule has 0 spiro atoms. The summed E-state index contributed by atoms with van der Waals surface area (Å²) in [5.74, 6) is 0.332. The number of hydrogen-bond acceptors (Lipinski definition) is 4. The van der Waals surface area contributed by atoms with Crippen LogP contribution in [-0.2, 0) is 11.3 Å². The fraction of sp³-hybridized carbons (Fsp3) is 0.688. The molecule has 0 saturated carbocycles. The van der Waals surface area contributed by atoms with Crippen LogP contribution in [0.5, 0.6) is 0 Å². The van der Waals surface area contributed by atoms with Crippen molar-refractivity contribution in [2.24, 2.45) is 5.41 Å². The number of piperidine rings is 1. The molecule has 1 amide bonds. The Hall–Kier alpha value is -0.620. The minimum atomic E-state index is -0.207. The van der Waals surface area contributed by atoms with E-state index in [0.717, 1.165) is 63.0 Å². The normalized spacial score (nSPS) is 27.1. The van der Waals surface area contributed by atoms with Gasteiger partial charge in [-0.05, 0) is 38.4 Å². The lowest BCUT2D eigenvalue weighted by Crippen LogP contribution is -2.55. The molecular formula is C16H24ClN3OS. The maximum Gasteiger partial charge on any atom is 0.229 e. The number of halogens is 1. The second kappa shape index (κ2) is 6.87. The second-order valence-corrected chi connectivity index (χ2v) is 8.41. The lowest BCUT2D eigenvalue weighted by molar-refractivity contribution is -0.144. The summed E-state index contributed by atoms with van der Waals surface area (Å²) in [4.78, 5) is 18.6. The lowest BCUT2D eigenvalue weighted by atomic mass is 9.81. The van der Waals surface area contributed by atoms with Crippen molar-refractivity contribution in [3.63, 3.8) is 0 Å². The minimum Gasteiger partial charge on any atom is -0.340 e. The molecule has 0 bridgehead atoms. The van der Waals surface area contributed by atoms with Crippen molar-refractivity contribution in [3.05, 3.63) is 21.3 Å². The Bertz CT molecular complexity index is 519. The molecule has 1 aromatic heterocycles. The van der Waals surface area contributed by atoms with Crippen LogP contribution in [0.15, 0.2) is 12.1 Å². The van der Waals surface area contributed by atoms with Crippen LogP contribution in [-0.4, -0.2) is 55.0 Å². The molecule has 3 rings (SSSR count). The monoisotopic (exact) mass is 341 g/mol. The molecule has 2 aliphatic rings. The van der Waals surface area contributed by atoms with E-state index in [4.69, 9.17) is 11.6 Å². The van der Waals surface area contributed by atoms with Gasteiger partial charge in [0.05, 0.1) is 9.75 Å². The second-order valence-electron chi connectivity index (χ2n) is 6.62. The van der Waals surface area contributed by atoms with E-state index in [1.165, 1.54) is 4.88 Å². The van der Waals surface area contributed by atoms with Crippen molar-refractivity contribution in [1.82, 2.24) is 15.1 Å². The van der Waals surface area contributed by atoms with E-state index in [2.05, 4.69) is 28.1 Å². The van der Waals surface area contributed by atoms with Crippen LogP contribution in [0, 0.1) is 5.41 Å². The molecule has 0 aromatic carbocycles. The van der Waals surface area contributed by atoms with Gasteiger partial charge in [-0.2, -0.15) is 0 Å². The Morgan fingerprint density at radius 2 is 2.14 bits per heavy atom. The molecule has 6 heteroatoms. The van der Waals surface area contributed by atoms with Crippen molar-refractivity contribution >= 4 is 28.8 Å². The highest BCUT2D eigenvalue weighted by Gasteiger charge is 2.38. The van der Waals surface area contributed by atoms with Gasteiger partial charge in [-0.25, -0.2) is 0 Å². The summed E-state index contributed by atoms with van der Waals surface area (Å²) in [7, 11) is 0. The molecule has 122 valence electrons. The van der Waals surface area contributed by atoms with E-state index in [1.54, 1.807) is 11.3 Å². The van der Waals surface area contributed by atoms with Gasteiger partial charge in [0.1, 0.15) is 0 Å². The van der Waals surface area contributed by atoms with E-state index >= 15 is 0 Å². The third-order valence-electron chi connectivity index (χ3n) is 4.78. The van der Waals surface area contributed by atoms with Crippen molar-refractivity contribution < 1.29 is 4.79 Å². The lowest BCUT2D eigenvalue weighted by Gasteiger charge is -2.41. The first-order valence-corrected chi connectivity index (χ1v) is 9.23. The number of rotatable bonds is 3. The van der Waals surface area contributed by atoms with E-state index in [1.807, 2.05) is 6.07 Å². The van der Waals surface area contributed by atoms with Crippen LogP contribution in [0.4, 0.5) is 0 Å². The van der Waals surface area contributed by atoms with Crippen LogP contribution in [0.2, 0.25) is 4.34 Å². The quantitative estimate of drug-likeness (QED) is 0.917. The molecule has 4 nitrogen and oxygen atoms in total. The average Bonchev–Trinajstić information content (AvgIpc) is 2.93. The Labute approximate surface area is 141 Å². The predicted molar refractivity (Wildman–Crippen MR) is 91.4 cm³/mol. The first-order chi connectivity index (χ1) is 10.6. The van der Waals surface area contributed by atoms with Crippen LogP contribution in [0.3, 0.4) is 0 Å². The molecule has 1 atom stereocenters. The maximum atomic E-state index is 12.8. The number of thiophene rings is 1. The number of piperazine rings is 1. The summed E-state index contributed by atoms with van der Waals surface area (Å²) >= 11 is 7.63. The summed E-state index contributed by atoms with van der Waals surface area (Å²) in [6, 6.07) is 4.05. The Balaban J connectivity index is 1.51. The standard InChI is InChI=1S/C16H24ClN3OS/c1-16(5-2-6-18-12-16)15(21)20-9-7-19(8-10-20)11-13-3-4-14(17)22-13/h3-4,18H,2,5-12H2,1H3. The average molecular weight is 342 g/mol. The zero-order valence-electron chi connectivity index (χ0n) is 13.1. The van der Waals surface area contributed by atoms with Crippen molar-refractivity contribution in [2.75, 3.05) is 39.3 Å². The summed E-state index contributed by atoms with van der Waals surface area (Å²) in [5.41, 5.74) is -0.207. The molecule has 1 N–H and O–H groups in total. The topological polar surface area (TPSA) is 35.6 Å². The van der Waals surface area contributed by atoms with Gasteiger partial charge in [0.2, 0.25) is 5.91 Å². The Morgan fingerprint density at radius 1 is 1.36 bits per heavy atom. The number of amides is 1. The highest BCUT2D eigenvalue weighted by molar-refractivity contribution is 7.16. The highest BCUT2D eigenvalue weighted by Crippen LogP contribution is 2.29. The van der Waals surface area contributed by atoms with E-state index in [9.17, 15) is 4.79 Å². The zero-order chi connectivity index (χ0) is 15.6. The molecule has 22 heavy (non-hydrogen) atoms. The van der Waals surface area contributed by atoms with Crippen LogP contribution in [0.25, 0.3) is 0 Å². The number of nitrogens with zero attached hydrogens (tertiary/aromatic N) is 2. The molecule has 0 radical (unpaired) electrons. The molecule has 1 unspecified atom stereocenters. The van der Waals surface area contributed by atoms with Crippen LogP contribution >= 0.6 is 22.9 Å². The van der Waals surface area contributed by atoms with E-state index in [-0.39, 0.29) is 5.41 Å². The fourth-order valence-electron chi connectivity index (χ4n) is 3.39. The third-order valence-corrected chi connectivity index (χ3v) is 6.00. The molecule has 2 saturated heterocycles. The van der Waals surface area contributed by atoms with Gasteiger partial charge in [-0.15, -0.1) is 11.3 Å². The van der Waals surface area contributed by atoms with Crippen molar-refractivity contribution in [1.29, 1.82) is 0 Å². The fourth-order valence-corrected chi connectivity index (χ4v) is 4.52. The van der Waals surface area contributed by atoms with Gasteiger partial charge in [0, 0.05) is 44.1 Å². The summed E-state index contributed by atoms with van der Waals surface area (Å²) in [6.07, 6.45) is 2.11. The highest BCUT2D eigenvalue weighted by atomic mass is 35.5. The summed E-state index contributed by atoms with van der Waals surface area (Å²) in [5, 5.41) is 3.37. The maximum absolute atomic E-state index is 12.8. The molecule has 1 aromatic rings. The number of carbonyl (C=O) groups is 1. The van der Waals surface area contributed by atoms with Gasteiger partial charge in [-0.1, -0.05) is 11.6 Å². The number of nitrogens with one attached hydrogen (secondary N) is 1.